The molecule has 1 heterocycles. The van der Waals surface area contributed by atoms with Crippen LogP contribution in [0.3, 0.4) is 0 Å². The number of benzene rings is 1. The van der Waals surface area contributed by atoms with Gasteiger partial charge in [-0.15, -0.1) is 0 Å². The van der Waals surface area contributed by atoms with Crippen LogP contribution in [0.1, 0.15) is 0 Å². The summed E-state index contributed by atoms with van der Waals surface area (Å²) in [6, 6.07) is 12.0. The fourth-order valence-corrected chi connectivity index (χ4v) is 1.27. The second kappa shape index (κ2) is 9.12. The largest absolute Gasteiger partial charge is 4.00 e. The molecule has 0 bridgehead atoms. The fourth-order valence-electron chi connectivity index (χ4n) is 1.10. The van der Waals surface area contributed by atoms with Gasteiger partial charge in [0, 0.05) is 25.3 Å². The van der Waals surface area contributed by atoms with Gasteiger partial charge in [-0.05, 0) is 23.6 Å². The molecule has 0 saturated heterocycles. The SMILES string of the molecule is S=c1ccc2ccccc2[nH]1.[C-]#[O+].[Os+4].[Os]. The van der Waals surface area contributed by atoms with Crippen molar-refractivity contribution in [2.75, 3.05) is 0 Å². The normalized spacial score (nSPS) is 7.60. The number of rotatable bonds is 0. The van der Waals surface area contributed by atoms with Crippen LogP contribution < -0.4 is 0 Å². The maximum atomic E-state index is 7.50. The molecule has 0 spiro atoms. The van der Waals surface area contributed by atoms with Gasteiger partial charge in [0.2, 0.25) is 0 Å². The molecule has 2 aromatic rings. The molecule has 1 N–H and O–H groups in total. The molecule has 76 valence electrons. The van der Waals surface area contributed by atoms with Gasteiger partial charge in [-0.1, -0.05) is 30.4 Å². The van der Waals surface area contributed by atoms with E-state index in [1.165, 1.54) is 5.39 Å². The Morgan fingerprint density at radius 3 is 2.33 bits per heavy atom. The third kappa shape index (κ3) is 4.94. The second-order valence-electron chi connectivity index (χ2n) is 2.41. The predicted octanol–water partition coefficient (Wildman–Crippen LogP) is 2.85. The van der Waals surface area contributed by atoms with Gasteiger partial charge in [-0.3, -0.25) is 0 Å². The molecule has 5 heteroatoms. The third-order valence-electron chi connectivity index (χ3n) is 1.63. The average molecular weight is 570 g/mol. The Bertz CT molecular complexity index is 481. The molecule has 0 fully saturated rings. The van der Waals surface area contributed by atoms with Crippen LogP contribution >= 0.6 is 12.2 Å². The van der Waals surface area contributed by atoms with Crippen LogP contribution in [0.25, 0.3) is 10.9 Å². The number of H-pyrrole nitrogens is 1. The first-order valence-corrected chi connectivity index (χ1v) is 4.05. The summed E-state index contributed by atoms with van der Waals surface area (Å²) in [5.41, 5.74) is 1.10. The molecule has 0 aliphatic carbocycles. The Balaban J connectivity index is 0. The van der Waals surface area contributed by atoms with Crippen molar-refractivity contribution in [2.45, 2.75) is 0 Å². The van der Waals surface area contributed by atoms with Crippen molar-refractivity contribution < 1.29 is 44.2 Å². The Hall–Kier alpha value is -0.137. The van der Waals surface area contributed by atoms with Gasteiger partial charge in [0.05, 0.1) is 0 Å². The van der Waals surface area contributed by atoms with Gasteiger partial charge in [-0.2, -0.15) is 0 Å². The average Bonchev–Trinajstić information content (AvgIpc) is 2.21. The molecule has 15 heavy (non-hydrogen) atoms. The van der Waals surface area contributed by atoms with Crippen molar-refractivity contribution in [3.63, 3.8) is 0 Å². The number of aromatic amines is 1. The van der Waals surface area contributed by atoms with Crippen molar-refractivity contribution >= 4 is 23.1 Å². The van der Waals surface area contributed by atoms with Gasteiger partial charge in [0.1, 0.15) is 4.64 Å². The van der Waals surface area contributed by atoms with E-state index >= 15 is 0 Å². The van der Waals surface area contributed by atoms with Crippen LogP contribution in [-0.4, -0.2) is 4.98 Å². The summed E-state index contributed by atoms with van der Waals surface area (Å²) in [7, 11) is 0. The number of aromatic nitrogens is 1. The summed E-state index contributed by atoms with van der Waals surface area (Å²) in [6.45, 7) is 4.50. The third-order valence-corrected chi connectivity index (χ3v) is 1.87. The summed E-state index contributed by atoms with van der Waals surface area (Å²) >= 11 is 4.98. The molecule has 0 aliphatic heterocycles. The number of pyridine rings is 1. The topological polar surface area (TPSA) is 35.7 Å². The van der Waals surface area contributed by atoms with E-state index in [2.05, 4.69) is 17.7 Å². The molecular formula is C10H7NOOs2S+4. The van der Waals surface area contributed by atoms with Crippen LogP contribution in [-0.2, 0) is 44.2 Å². The van der Waals surface area contributed by atoms with Crippen molar-refractivity contribution in [3.05, 3.63) is 47.7 Å². The Morgan fingerprint density at radius 1 is 1.07 bits per heavy atom. The Morgan fingerprint density at radius 2 is 1.67 bits per heavy atom. The van der Waals surface area contributed by atoms with Crippen molar-refractivity contribution in [1.29, 1.82) is 0 Å². The minimum absolute atomic E-state index is 0. The summed E-state index contributed by atoms with van der Waals surface area (Å²) < 4.78 is 8.28. The summed E-state index contributed by atoms with van der Waals surface area (Å²) in [5, 5.41) is 1.20. The molecular weight excluding hydrogens is 563 g/mol. The van der Waals surface area contributed by atoms with Crippen molar-refractivity contribution in [1.82, 2.24) is 4.98 Å². The Labute approximate surface area is 119 Å². The number of fused-ring (bicyclic) bond motifs is 1. The molecule has 0 radical (unpaired) electrons. The van der Waals surface area contributed by atoms with Crippen LogP contribution in [0.15, 0.2) is 36.4 Å². The molecule has 1 aromatic heterocycles. The second-order valence-corrected chi connectivity index (χ2v) is 2.85. The first-order valence-electron chi connectivity index (χ1n) is 3.65. The molecule has 2 rings (SSSR count). The van der Waals surface area contributed by atoms with E-state index in [0.717, 1.165) is 10.2 Å². The standard InChI is InChI=1S/C9H7NS.CO.2Os/c11-9-6-5-7-3-1-2-4-8(7)10-9;1-2;;/h1-6H,(H,10,11);;;/q;;;+4. The summed E-state index contributed by atoms with van der Waals surface area (Å²) in [6.07, 6.45) is 0. The van der Waals surface area contributed by atoms with Gasteiger partial charge >= 0.3 is 31.1 Å². The fraction of sp³-hybridized carbons (Fsp3) is 0. The minimum atomic E-state index is 0. The van der Waals surface area contributed by atoms with E-state index in [1.807, 2.05) is 30.3 Å². The zero-order chi connectivity index (χ0) is 9.68. The van der Waals surface area contributed by atoms with E-state index in [1.54, 1.807) is 0 Å². The number of hydrogen-bond acceptors (Lipinski definition) is 1. The smallest absolute Gasteiger partial charge is 0 e. The zero-order valence-electron chi connectivity index (χ0n) is 7.49. The summed E-state index contributed by atoms with van der Waals surface area (Å²) in [4.78, 5) is 3.10. The van der Waals surface area contributed by atoms with Gasteiger partial charge in [0.25, 0.3) is 0 Å². The molecule has 0 unspecified atom stereocenters. The molecule has 0 saturated carbocycles. The summed E-state index contributed by atoms with van der Waals surface area (Å²) in [5.74, 6) is 0. The maximum Gasteiger partial charge on any atom is 4.00 e. The monoisotopic (exact) mass is 573 g/mol. The van der Waals surface area contributed by atoms with E-state index in [-0.39, 0.29) is 39.6 Å². The first-order chi connectivity index (χ1) is 6.36. The maximum absolute atomic E-state index is 7.50. The molecule has 0 amide bonds. The molecule has 0 aliphatic rings. The quantitative estimate of drug-likeness (QED) is 0.296. The van der Waals surface area contributed by atoms with E-state index in [0.29, 0.717) is 0 Å². The van der Waals surface area contributed by atoms with Crippen LogP contribution in [0.4, 0.5) is 0 Å². The van der Waals surface area contributed by atoms with Crippen LogP contribution in [0, 0.1) is 11.3 Å². The molecule has 1 aromatic carbocycles. The molecule has 0 atom stereocenters. The predicted molar refractivity (Wildman–Crippen MR) is 53.1 cm³/mol. The van der Waals surface area contributed by atoms with Crippen LogP contribution in [0.2, 0.25) is 0 Å². The van der Waals surface area contributed by atoms with E-state index in [9.17, 15) is 0 Å². The zero-order valence-corrected chi connectivity index (χ0v) is 13.4. The van der Waals surface area contributed by atoms with E-state index in [4.69, 9.17) is 16.9 Å². The van der Waals surface area contributed by atoms with Crippen molar-refractivity contribution in [2.24, 2.45) is 0 Å². The number of para-hydroxylation sites is 1. The number of nitrogens with one attached hydrogen (secondary N) is 1. The van der Waals surface area contributed by atoms with Crippen LogP contribution in [0.5, 0.6) is 0 Å². The minimum Gasteiger partial charge on any atom is 0 e. The van der Waals surface area contributed by atoms with E-state index < -0.39 is 0 Å². The van der Waals surface area contributed by atoms with Gasteiger partial charge in [-0.25, -0.2) is 0 Å². The van der Waals surface area contributed by atoms with Gasteiger partial charge in [0.15, 0.2) is 0 Å². The van der Waals surface area contributed by atoms with Crippen molar-refractivity contribution in [3.8, 4) is 0 Å². The number of hydrogen-bond donors (Lipinski definition) is 1. The molecule has 2 nitrogen and oxygen atoms in total. The Kier molecular flexibility index (Phi) is 10.5. The van der Waals surface area contributed by atoms with Gasteiger partial charge < -0.3 is 4.98 Å². The first kappa shape index (κ1) is 17.3.